The van der Waals surface area contributed by atoms with E-state index in [0.29, 0.717) is 6.54 Å². The number of anilines is 1. The summed E-state index contributed by atoms with van der Waals surface area (Å²) in [5.41, 5.74) is 4.00. The molecule has 0 bridgehead atoms. The Morgan fingerprint density at radius 3 is 2.74 bits per heavy atom. The molecule has 5 nitrogen and oxygen atoms in total. The Bertz CT molecular complexity index is 939. The fourth-order valence-electron chi connectivity index (χ4n) is 3.22. The van der Waals surface area contributed by atoms with Crippen molar-refractivity contribution in [2.24, 2.45) is 0 Å². The quantitative estimate of drug-likeness (QED) is 0.420. The summed E-state index contributed by atoms with van der Waals surface area (Å²) in [6.07, 6.45) is 6.41. The second-order valence-electron chi connectivity index (χ2n) is 6.67. The number of fused-ring (bicyclic) bond motifs is 1. The van der Waals surface area contributed by atoms with Crippen LogP contribution in [0.3, 0.4) is 0 Å². The van der Waals surface area contributed by atoms with Crippen molar-refractivity contribution in [1.82, 2.24) is 9.38 Å². The van der Waals surface area contributed by atoms with E-state index >= 15 is 0 Å². The Balaban J connectivity index is 1.85. The van der Waals surface area contributed by atoms with Crippen LogP contribution >= 0.6 is 0 Å². The normalized spacial score (nSPS) is 10.7. The maximum Gasteiger partial charge on any atom is 0.214 e. The number of methoxy groups -OCH3 is 1. The van der Waals surface area contributed by atoms with Gasteiger partial charge >= 0.3 is 0 Å². The minimum Gasteiger partial charge on any atom is -0.496 e. The van der Waals surface area contributed by atoms with Gasteiger partial charge in [-0.25, -0.2) is 11.6 Å². The molecule has 0 atom stereocenters. The van der Waals surface area contributed by atoms with Crippen LogP contribution in [0.4, 0.5) is 5.82 Å². The molecule has 0 aliphatic carbocycles. The highest BCUT2D eigenvalue weighted by Gasteiger charge is 2.17. The summed E-state index contributed by atoms with van der Waals surface area (Å²) in [6.45, 7) is 10.4. The molecule has 3 aromatic rings. The molecule has 140 valence electrons. The smallest absolute Gasteiger partial charge is 0.214 e. The monoisotopic (exact) mass is 362 g/mol. The van der Waals surface area contributed by atoms with Gasteiger partial charge in [0.2, 0.25) is 6.54 Å². The van der Waals surface area contributed by atoms with Crippen LogP contribution in [0.5, 0.6) is 5.75 Å². The Kier molecular flexibility index (Phi) is 6.32. The molecule has 0 unspecified atom stereocenters. The third-order valence-electron chi connectivity index (χ3n) is 4.62. The van der Waals surface area contributed by atoms with Crippen LogP contribution in [-0.4, -0.2) is 29.6 Å². The number of nitrogens with zero attached hydrogens (tertiary/aromatic N) is 3. The number of ether oxygens (including phenoxy) is 1. The van der Waals surface area contributed by atoms with Crippen molar-refractivity contribution in [3.05, 3.63) is 59.6 Å². The fraction of sp³-hybridized carbons (Fsp3) is 0.364. The predicted octanol–water partition coefficient (Wildman–Crippen LogP) is 5.21. The van der Waals surface area contributed by atoms with Crippen LogP contribution in [0.15, 0.2) is 42.6 Å². The van der Waals surface area contributed by atoms with E-state index in [2.05, 4.69) is 33.7 Å². The van der Waals surface area contributed by atoms with E-state index in [9.17, 15) is 0 Å². The molecule has 2 heterocycles. The van der Waals surface area contributed by atoms with Crippen LogP contribution in [0, 0.1) is 13.5 Å². The molecule has 0 saturated carbocycles. The predicted molar refractivity (Wildman–Crippen MR) is 110 cm³/mol. The van der Waals surface area contributed by atoms with Crippen molar-refractivity contribution in [3.63, 3.8) is 0 Å². The van der Waals surface area contributed by atoms with Gasteiger partial charge in [0.1, 0.15) is 22.9 Å². The molecule has 3 rings (SSSR count). The summed E-state index contributed by atoms with van der Waals surface area (Å²) >= 11 is 0. The second-order valence-corrected chi connectivity index (χ2v) is 6.67. The zero-order chi connectivity index (χ0) is 19.1. The summed E-state index contributed by atoms with van der Waals surface area (Å²) in [5.74, 6) is 1.82. The number of nitrogens with one attached hydrogen (secondary N) is 1. The van der Waals surface area contributed by atoms with Crippen molar-refractivity contribution in [2.45, 2.75) is 32.6 Å². The number of hydrogen-bond donors (Lipinski definition) is 1. The van der Waals surface area contributed by atoms with Crippen molar-refractivity contribution >= 4 is 11.5 Å². The molecule has 0 spiro atoms. The van der Waals surface area contributed by atoms with Gasteiger partial charge in [0.25, 0.3) is 0 Å². The number of benzene rings is 1. The number of para-hydroxylation sites is 1. The van der Waals surface area contributed by atoms with E-state index in [1.54, 1.807) is 7.11 Å². The highest BCUT2D eigenvalue weighted by molar-refractivity contribution is 5.80. The molecule has 0 amide bonds. The van der Waals surface area contributed by atoms with Crippen LogP contribution < -0.4 is 10.1 Å². The van der Waals surface area contributed by atoms with Gasteiger partial charge in [0, 0.05) is 24.7 Å². The van der Waals surface area contributed by atoms with Gasteiger partial charge in [0.05, 0.1) is 7.11 Å². The first-order valence-electron chi connectivity index (χ1n) is 9.44. The van der Waals surface area contributed by atoms with Crippen molar-refractivity contribution < 1.29 is 4.74 Å². The largest absolute Gasteiger partial charge is 0.496 e. The zero-order valence-electron chi connectivity index (χ0n) is 16.0. The van der Waals surface area contributed by atoms with Gasteiger partial charge in [-0.15, -0.1) is 0 Å². The maximum atomic E-state index is 6.84. The molecule has 5 heteroatoms. The first-order valence-corrected chi connectivity index (χ1v) is 9.44. The SMILES string of the molecule is [C-]#[N+]CCCCCCNc1c(-c2ccccc2OC)nc2ccc(C)cn12. The summed E-state index contributed by atoms with van der Waals surface area (Å²) < 4.78 is 7.67. The number of imidazole rings is 1. The van der Waals surface area contributed by atoms with E-state index in [1.807, 2.05) is 30.3 Å². The molecule has 1 aromatic carbocycles. The molecule has 0 aliphatic heterocycles. The fourth-order valence-corrected chi connectivity index (χ4v) is 3.22. The van der Waals surface area contributed by atoms with Crippen LogP contribution in [0.25, 0.3) is 21.7 Å². The highest BCUT2D eigenvalue weighted by atomic mass is 16.5. The van der Waals surface area contributed by atoms with E-state index in [-0.39, 0.29) is 0 Å². The molecule has 0 radical (unpaired) electrons. The first kappa shape index (κ1) is 18.8. The van der Waals surface area contributed by atoms with Gasteiger partial charge in [-0.1, -0.05) is 24.6 Å². The number of aryl methyl sites for hydroxylation is 1. The number of unbranched alkanes of at least 4 members (excludes halogenated alkanes) is 3. The molecule has 27 heavy (non-hydrogen) atoms. The maximum absolute atomic E-state index is 6.84. The lowest BCUT2D eigenvalue weighted by atomic mass is 10.1. The molecular weight excluding hydrogens is 336 g/mol. The van der Waals surface area contributed by atoms with Crippen molar-refractivity contribution in [3.8, 4) is 17.0 Å². The van der Waals surface area contributed by atoms with Crippen LogP contribution in [0.1, 0.15) is 31.2 Å². The first-order chi connectivity index (χ1) is 13.2. The van der Waals surface area contributed by atoms with Crippen LogP contribution in [-0.2, 0) is 0 Å². The average molecular weight is 362 g/mol. The van der Waals surface area contributed by atoms with Gasteiger partial charge in [-0.2, -0.15) is 0 Å². The average Bonchev–Trinajstić information content (AvgIpc) is 3.04. The zero-order valence-corrected chi connectivity index (χ0v) is 16.0. The Hall–Kier alpha value is -3.00. The lowest BCUT2D eigenvalue weighted by molar-refractivity contribution is 0.416. The lowest BCUT2D eigenvalue weighted by Gasteiger charge is -2.11. The number of hydrogen-bond acceptors (Lipinski definition) is 3. The van der Waals surface area contributed by atoms with E-state index in [4.69, 9.17) is 16.3 Å². The summed E-state index contributed by atoms with van der Waals surface area (Å²) in [7, 11) is 1.69. The minimum atomic E-state index is 0.637. The van der Waals surface area contributed by atoms with Crippen molar-refractivity contribution in [2.75, 3.05) is 25.5 Å². The third-order valence-corrected chi connectivity index (χ3v) is 4.62. The molecule has 1 N–H and O–H groups in total. The lowest BCUT2D eigenvalue weighted by Crippen LogP contribution is -2.05. The van der Waals surface area contributed by atoms with Gasteiger partial charge in [-0.3, -0.25) is 4.40 Å². The van der Waals surface area contributed by atoms with Crippen molar-refractivity contribution in [1.29, 1.82) is 0 Å². The molecule has 0 saturated heterocycles. The molecule has 0 fully saturated rings. The molecule has 0 aliphatic rings. The molecular formula is C22H26N4O. The van der Waals surface area contributed by atoms with E-state index < -0.39 is 0 Å². The summed E-state index contributed by atoms with van der Waals surface area (Å²) in [5, 5.41) is 3.59. The standard InChI is InChI=1S/C22H26N4O/c1-17-12-13-20-25-21(18-10-6-7-11-19(18)27-3)22(26(20)16-17)24-15-9-5-4-8-14-23-2/h6-7,10-13,16,24H,4-5,8-9,14-15H2,1,3H3. The van der Waals surface area contributed by atoms with Crippen LogP contribution in [0.2, 0.25) is 0 Å². The number of rotatable bonds is 9. The van der Waals surface area contributed by atoms with E-state index in [1.165, 1.54) is 5.56 Å². The van der Waals surface area contributed by atoms with Gasteiger partial charge in [-0.05, 0) is 43.5 Å². The Morgan fingerprint density at radius 2 is 1.93 bits per heavy atom. The second kappa shape index (κ2) is 9.09. The third kappa shape index (κ3) is 4.40. The number of aromatic nitrogens is 2. The summed E-state index contributed by atoms with van der Waals surface area (Å²) in [6, 6.07) is 12.1. The van der Waals surface area contributed by atoms with Gasteiger partial charge in [0.15, 0.2) is 0 Å². The Morgan fingerprint density at radius 1 is 1.11 bits per heavy atom. The van der Waals surface area contributed by atoms with Gasteiger partial charge < -0.3 is 14.9 Å². The Labute approximate surface area is 160 Å². The highest BCUT2D eigenvalue weighted by Crippen LogP contribution is 2.35. The number of pyridine rings is 1. The summed E-state index contributed by atoms with van der Waals surface area (Å²) in [4.78, 5) is 8.27. The van der Waals surface area contributed by atoms with E-state index in [0.717, 1.165) is 60.7 Å². The topological polar surface area (TPSA) is 42.9 Å². The minimum absolute atomic E-state index is 0.637. The molecule has 2 aromatic heterocycles.